The molecule has 4 rings (SSSR count). The molecular formula is C20H19NO3S4. The van der Waals surface area contributed by atoms with Gasteiger partial charge in [-0.05, 0) is 51.1 Å². The number of benzene rings is 2. The van der Waals surface area contributed by atoms with Crippen molar-refractivity contribution in [3.05, 3.63) is 56.7 Å². The molecule has 0 aliphatic carbocycles. The van der Waals surface area contributed by atoms with Crippen molar-refractivity contribution in [3.63, 3.8) is 0 Å². The third kappa shape index (κ3) is 2.82. The van der Waals surface area contributed by atoms with Gasteiger partial charge in [-0.25, -0.2) is 8.42 Å². The van der Waals surface area contributed by atoms with E-state index in [4.69, 9.17) is 17.0 Å². The topological polar surface area (TPSA) is 46.6 Å². The van der Waals surface area contributed by atoms with Gasteiger partial charge < -0.3 is 4.74 Å². The summed E-state index contributed by atoms with van der Waals surface area (Å²) < 4.78 is 35.1. The molecule has 0 atom stereocenters. The fourth-order valence-corrected chi connectivity index (χ4v) is 8.69. The molecule has 0 bridgehead atoms. The molecule has 0 unspecified atom stereocenters. The predicted octanol–water partition coefficient (Wildman–Crippen LogP) is 5.97. The molecule has 1 aliphatic rings. The molecule has 0 N–H and O–H groups in total. The predicted molar refractivity (Wildman–Crippen MR) is 119 cm³/mol. The smallest absolute Gasteiger partial charge is 0.265 e. The van der Waals surface area contributed by atoms with Gasteiger partial charge in [0.05, 0.1) is 28.1 Å². The lowest BCUT2D eigenvalue weighted by atomic mass is 9.90. The normalized spacial score (nSPS) is 15.1. The summed E-state index contributed by atoms with van der Waals surface area (Å²) in [4.78, 5) is 1.23. The molecular weight excluding hydrogens is 430 g/mol. The zero-order valence-electron chi connectivity index (χ0n) is 15.8. The molecule has 0 amide bonds. The quantitative estimate of drug-likeness (QED) is 0.365. The molecule has 8 heteroatoms. The molecule has 0 saturated carbocycles. The van der Waals surface area contributed by atoms with Crippen molar-refractivity contribution < 1.29 is 13.2 Å². The highest BCUT2D eigenvalue weighted by Gasteiger charge is 2.46. The van der Waals surface area contributed by atoms with Crippen LogP contribution in [0.3, 0.4) is 0 Å². The Bertz CT molecular complexity index is 1220. The molecule has 146 valence electrons. The minimum absolute atomic E-state index is 0.273. The Hall–Kier alpha value is -1.74. The number of methoxy groups -OCH3 is 1. The Labute approximate surface area is 177 Å². The first-order chi connectivity index (χ1) is 13.2. The summed E-state index contributed by atoms with van der Waals surface area (Å²) in [6.45, 7) is 5.80. The number of sulfonamides is 1. The number of aryl methyl sites for hydroxylation is 1. The summed E-state index contributed by atoms with van der Waals surface area (Å²) in [6, 6.07) is 12.4. The molecule has 3 aromatic rings. The standard InChI is InChI=1S/C20H19NO3S4/c1-12-5-8-14(9-6-12)28(22,23)21-16-10-7-13(24-4)11-15(16)17-18(20(21,2)3)26-27-19(17)25/h5-11H,1-4H3. The number of hydrogen-bond donors (Lipinski definition) is 0. The van der Waals surface area contributed by atoms with Crippen LogP contribution in [0.15, 0.2) is 47.4 Å². The van der Waals surface area contributed by atoms with Crippen molar-refractivity contribution in [1.82, 2.24) is 0 Å². The van der Waals surface area contributed by atoms with Crippen LogP contribution in [0.1, 0.15) is 24.3 Å². The average molecular weight is 450 g/mol. The zero-order chi connectivity index (χ0) is 20.3. The molecule has 0 radical (unpaired) electrons. The van der Waals surface area contributed by atoms with Gasteiger partial charge in [0.15, 0.2) is 0 Å². The van der Waals surface area contributed by atoms with Crippen LogP contribution in [0.4, 0.5) is 5.69 Å². The first kappa shape index (κ1) is 19.6. The number of fused-ring (bicyclic) bond motifs is 3. The van der Waals surface area contributed by atoms with Crippen molar-refractivity contribution in [2.45, 2.75) is 31.2 Å². The van der Waals surface area contributed by atoms with Gasteiger partial charge in [-0.2, -0.15) is 0 Å². The minimum Gasteiger partial charge on any atom is -0.497 e. The summed E-state index contributed by atoms with van der Waals surface area (Å²) in [5.41, 5.74) is 2.61. The second kappa shape index (κ2) is 6.66. The maximum absolute atomic E-state index is 13.7. The lowest BCUT2D eigenvalue weighted by Gasteiger charge is -2.43. The lowest BCUT2D eigenvalue weighted by molar-refractivity contribution is 0.414. The third-order valence-electron chi connectivity index (χ3n) is 4.95. The highest BCUT2D eigenvalue weighted by molar-refractivity contribution is 7.93. The fraction of sp³-hybridized carbons (Fsp3) is 0.250. The summed E-state index contributed by atoms with van der Waals surface area (Å²) in [7, 11) is 0.863. The zero-order valence-corrected chi connectivity index (χ0v) is 19.1. The summed E-state index contributed by atoms with van der Waals surface area (Å²) in [6.07, 6.45) is 0. The summed E-state index contributed by atoms with van der Waals surface area (Å²) >= 11 is 5.59. The molecule has 28 heavy (non-hydrogen) atoms. The SMILES string of the molecule is COc1ccc2c(c1)-c1c(ssc1=S)C(C)(C)N2S(=O)(=O)c1ccc(C)cc1. The Balaban J connectivity index is 2.03. The molecule has 0 spiro atoms. The van der Waals surface area contributed by atoms with Crippen LogP contribution in [-0.2, 0) is 15.6 Å². The van der Waals surface area contributed by atoms with Gasteiger partial charge >= 0.3 is 0 Å². The summed E-state index contributed by atoms with van der Waals surface area (Å²) in [5, 5.41) is 0. The maximum Gasteiger partial charge on any atom is 0.265 e. The molecule has 1 aliphatic heterocycles. The van der Waals surface area contributed by atoms with E-state index in [0.717, 1.165) is 25.4 Å². The third-order valence-corrected chi connectivity index (χ3v) is 10.3. The molecule has 2 heterocycles. The van der Waals surface area contributed by atoms with Gasteiger partial charge in [0.2, 0.25) is 0 Å². The van der Waals surface area contributed by atoms with Crippen LogP contribution >= 0.6 is 32.9 Å². The molecule has 0 fully saturated rings. The first-order valence-electron chi connectivity index (χ1n) is 8.62. The average Bonchev–Trinajstić information content (AvgIpc) is 3.04. The minimum atomic E-state index is -3.78. The van der Waals surface area contributed by atoms with Crippen molar-refractivity contribution in [2.75, 3.05) is 11.4 Å². The van der Waals surface area contributed by atoms with Crippen molar-refractivity contribution in [2.24, 2.45) is 0 Å². The van der Waals surface area contributed by atoms with Crippen LogP contribution < -0.4 is 9.04 Å². The second-order valence-corrected chi connectivity index (χ2v) is 11.8. The Morgan fingerprint density at radius 2 is 1.75 bits per heavy atom. The van der Waals surface area contributed by atoms with Gasteiger partial charge in [0.25, 0.3) is 10.0 Å². The number of anilines is 1. The Kier molecular flexibility index (Phi) is 4.65. The van der Waals surface area contributed by atoms with E-state index in [1.165, 1.54) is 14.6 Å². The summed E-state index contributed by atoms with van der Waals surface area (Å²) in [5.74, 6) is 0.669. The van der Waals surface area contributed by atoms with Crippen molar-refractivity contribution in [1.29, 1.82) is 0 Å². The van der Waals surface area contributed by atoms with E-state index in [1.807, 2.05) is 45.0 Å². The van der Waals surface area contributed by atoms with Crippen LogP contribution in [0, 0.1) is 10.7 Å². The van der Waals surface area contributed by atoms with Gasteiger partial charge in [-0.3, -0.25) is 4.31 Å². The second-order valence-electron chi connectivity index (χ2n) is 7.18. The van der Waals surface area contributed by atoms with Crippen LogP contribution in [0.25, 0.3) is 11.1 Å². The van der Waals surface area contributed by atoms with Gasteiger partial charge in [-0.15, -0.1) is 0 Å². The largest absolute Gasteiger partial charge is 0.497 e. The van der Waals surface area contributed by atoms with E-state index < -0.39 is 15.6 Å². The number of rotatable bonds is 3. The number of nitrogens with zero attached hydrogens (tertiary/aromatic N) is 1. The molecule has 1 aromatic heterocycles. The lowest BCUT2D eigenvalue weighted by Crippen LogP contribution is -2.47. The van der Waals surface area contributed by atoms with E-state index in [1.54, 1.807) is 35.6 Å². The maximum atomic E-state index is 13.7. The van der Waals surface area contributed by atoms with Crippen molar-refractivity contribution >= 4 is 48.6 Å². The van der Waals surface area contributed by atoms with Crippen LogP contribution in [-0.4, -0.2) is 15.5 Å². The van der Waals surface area contributed by atoms with E-state index in [-0.39, 0.29) is 4.90 Å². The highest BCUT2D eigenvalue weighted by Crippen LogP contribution is 2.54. The molecule has 0 saturated heterocycles. The van der Waals surface area contributed by atoms with Gasteiger partial charge in [-0.1, -0.05) is 50.6 Å². The Morgan fingerprint density at radius 1 is 1.07 bits per heavy atom. The van der Waals surface area contributed by atoms with Crippen molar-refractivity contribution in [3.8, 4) is 16.9 Å². The number of hydrogen-bond acceptors (Lipinski definition) is 6. The van der Waals surface area contributed by atoms with E-state index >= 15 is 0 Å². The number of ether oxygens (including phenoxy) is 1. The monoisotopic (exact) mass is 449 g/mol. The van der Waals surface area contributed by atoms with E-state index in [0.29, 0.717) is 11.4 Å². The van der Waals surface area contributed by atoms with Crippen LogP contribution in [0.2, 0.25) is 0 Å². The molecule has 4 nitrogen and oxygen atoms in total. The van der Waals surface area contributed by atoms with E-state index in [9.17, 15) is 8.42 Å². The van der Waals surface area contributed by atoms with Crippen LogP contribution in [0.5, 0.6) is 5.75 Å². The fourth-order valence-electron chi connectivity index (χ4n) is 3.55. The van der Waals surface area contributed by atoms with E-state index in [2.05, 4.69) is 0 Å². The highest BCUT2D eigenvalue weighted by atomic mass is 32.9. The Morgan fingerprint density at radius 3 is 2.39 bits per heavy atom. The first-order valence-corrected chi connectivity index (χ1v) is 12.6. The molecule has 2 aromatic carbocycles. The van der Waals surface area contributed by atoms with Gasteiger partial charge in [0.1, 0.15) is 9.57 Å². The van der Waals surface area contributed by atoms with Gasteiger partial charge in [0, 0.05) is 11.1 Å².